The largest absolute Gasteiger partial charge is 0.493 e. The summed E-state index contributed by atoms with van der Waals surface area (Å²) in [5.74, 6) is 1.57. The lowest BCUT2D eigenvalue weighted by Gasteiger charge is -2.18. The van der Waals surface area contributed by atoms with Crippen LogP contribution in [0, 0.1) is 0 Å². The smallest absolute Gasteiger partial charge is 0.243 e. The molecule has 33 heavy (non-hydrogen) atoms. The fraction of sp³-hybridized carbons (Fsp3) is 0.318. The number of rotatable bonds is 8. The standard InChI is InChI=1S/C22H24N4O6S/c1-25(33(28,29)17-9-7-16(8-10-17)26-12-4-5-21(26)27)14-20-23-22(24-32-20)15-6-11-18(30-2)19(13-15)31-3/h6-11,13H,4-5,12,14H2,1-3H3. The molecule has 0 bridgehead atoms. The van der Waals surface area contributed by atoms with Crippen LogP contribution >= 0.6 is 0 Å². The zero-order valence-corrected chi connectivity index (χ0v) is 19.3. The molecule has 1 amide bonds. The van der Waals surface area contributed by atoms with Gasteiger partial charge in [0, 0.05) is 31.3 Å². The van der Waals surface area contributed by atoms with Crippen LogP contribution in [0.4, 0.5) is 5.69 Å². The molecule has 1 fully saturated rings. The van der Waals surface area contributed by atoms with Gasteiger partial charge in [-0.3, -0.25) is 4.79 Å². The highest BCUT2D eigenvalue weighted by Gasteiger charge is 2.25. The average molecular weight is 473 g/mol. The number of hydrogen-bond donors (Lipinski definition) is 0. The maximum absolute atomic E-state index is 13.0. The van der Waals surface area contributed by atoms with Crippen molar-refractivity contribution in [2.24, 2.45) is 0 Å². The molecule has 2 heterocycles. The van der Waals surface area contributed by atoms with Crippen LogP contribution in [-0.4, -0.2) is 56.6 Å². The number of carbonyl (C=O) groups excluding carboxylic acids is 1. The highest BCUT2D eigenvalue weighted by molar-refractivity contribution is 7.89. The molecule has 4 rings (SSSR count). The van der Waals surface area contributed by atoms with Gasteiger partial charge in [-0.25, -0.2) is 8.42 Å². The average Bonchev–Trinajstić information content (AvgIpc) is 3.47. The van der Waals surface area contributed by atoms with Crippen molar-refractivity contribution < 1.29 is 27.2 Å². The molecule has 2 aromatic carbocycles. The van der Waals surface area contributed by atoms with Gasteiger partial charge in [-0.1, -0.05) is 5.16 Å². The first-order valence-corrected chi connectivity index (χ1v) is 11.7. The molecule has 174 valence electrons. The maximum atomic E-state index is 13.0. The molecule has 1 aromatic heterocycles. The Balaban J connectivity index is 1.48. The van der Waals surface area contributed by atoms with E-state index in [1.54, 1.807) is 42.3 Å². The second kappa shape index (κ2) is 9.20. The number of aromatic nitrogens is 2. The van der Waals surface area contributed by atoms with Gasteiger partial charge in [0.2, 0.25) is 27.6 Å². The third-order valence-corrected chi connectivity index (χ3v) is 7.22. The van der Waals surface area contributed by atoms with E-state index in [2.05, 4.69) is 10.1 Å². The topological polar surface area (TPSA) is 115 Å². The SMILES string of the molecule is COc1ccc(-c2noc(CN(C)S(=O)(=O)c3ccc(N4CCCC4=O)cc3)n2)cc1OC. The normalized spacial score (nSPS) is 14.2. The van der Waals surface area contributed by atoms with E-state index in [9.17, 15) is 13.2 Å². The van der Waals surface area contributed by atoms with Gasteiger partial charge in [-0.2, -0.15) is 9.29 Å². The fourth-order valence-electron chi connectivity index (χ4n) is 3.59. The third-order valence-electron chi connectivity index (χ3n) is 5.40. The van der Waals surface area contributed by atoms with E-state index < -0.39 is 10.0 Å². The monoisotopic (exact) mass is 472 g/mol. The number of sulfonamides is 1. The Labute approximate surface area is 191 Å². The van der Waals surface area contributed by atoms with Crippen molar-refractivity contribution in [3.63, 3.8) is 0 Å². The van der Waals surface area contributed by atoms with Crippen LogP contribution in [0.25, 0.3) is 11.4 Å². The van der Waals surface area contributed by atoms with Crippen LogP contribution in [0.5, 0.6) is 11.5 Å². The lowest BCUT2D eigenvalue weighted by Crippen LogP contribution is -2.27. The first-order valence-electron chi connectivity index (χ1n) is 10.2. The van der Waals surface area contributed by atoms with Crippen LogP contribution in [-0.2, 0) is 21.4 Å². The molecule has 0 unspecified atom stereocenters. The highest BCUT2D eigenvalue weighted by atomic mass is 32.2. The fourth-order valence-corrected chi connectivity index (χ4v) is 4.71. The number of amides is 1. The van der Waals surface area contributed by atoms with Gasteiger partial charge >= 0.3 is 0 Å². The second-order valence-corrected chi connectivity index (χ2v) is 9.53. The Hall–Kier alpha value is -3.44. The molecule has 11 heteroatoms. The van der Waals surface area contributed by atoms with E-state index in [1.165, 1.54) is 26.3 Å². The second-order valence-electron chi connectivity index (χ2n) is 7.49. The molecule has 0 aliphatic carbocycles. The molecule has 0 spiro atoms. The number of ether oxygens (including phenoxy) is 2. The minimum absolute atomic E-state index is 0.0457. The number of hydrogen-bond acceptors (Lipinski definition) is 8. The van der Waals surface area contributed by atoms with E-state index in [4.69, 9.17) is 14.0 Å². The van der Waals surface area contributed by atoms with Gasteiger partial charge in [0.05, 0.1) is 25.7 Å². The Bertz CT molecular complexity index is 1260. The Morgan fingerprint density at radius 3 is 2.45 bits per heavy atom. The van der Waals surface area contributed by atoms with E-state index >= 15 is 0 Å². The molecule has 3 aromatic rings. The van der Waals surface area contributed by atoms with Crippen LogP contribution < -0.4 is 14.4 Å². The van der Waals surface area contributed by atoms with Crippen molar-refractivity contribution in [1.82, 2.24) is 14.4 Å². The predicted octanol–water partition coefficient (Wildman–Crippen LogP) is 2.70. The lowest BCUT2D eigenvalue weighted by molar-refractivity contribution is -0.117. The van der Waals surface area contributed by atoms with Crippen molar-refractivity contribution >= 4 is 21.6 Å². The number of benzene rings is 2. The molecule has 1 saturated heterocycles. The summed E-state index contributed by atoms with van der Waals surface area (Å²) in [6.07, 6.45) is 1.31. The summed E-state index contributed by atoms with van der Waals surface area (Å²) < 4.78 is 42.9. The van der Waals surface area contributed by atoms with Gasteiger partial charge in [0.15, 0.2) is 11.5 Å². The van der Waals surface area contributed by atoms with Crippen molar-refractivity contribution in [3.8, 4) is 22.9 Å². The summed E-state index contributed by atoms with van der Waals surface area (Å²) in [6.45, 7) is 0.541. The Morgan fingerprint density at radius 1 is 1.09 bits per heavy atom. The minimum atomic E-state index is -3.80. The van der Waals surface area contributed by atoms with Gasteiger partial charge in [-0.15, -0.1) is 0 Å². The van der Waals surface area contributed by atoms with E-state index in [0.29, 0.717) is 41.5 Å². The highest BCUT2D eigenvalue weighted by Crippen LogP contribution is 2.31. The lowest BCUT2D eigenvalue weighted by atomic mass is 10.2. The first-order chi connectivity index (χ1) is 15.8. The minimum Gasteiger partial charge on any atom is -0.493 e. The molecular weight excluding hydrogens is 448 g/mol. The maximum Gasteiger partial charge on any atom is 0.243 e. The summed E-state index contributed by atoms with van der Waals surface area (Å²) in [4.78, 5) is 18.0. The summed E-state index contributed by atoms with van der Waals surface area (Å²) in [7, 11) is 0.705. The van der Waals surface area contributed by atoms with E-state index in [-0.39, 0.29) is 23.2 Å². The van der Waals surface area contributed by atoms with Crippen LogP contribution in [0.2, 0.25) is 0 Å². The number of nitrogens with zero attached hydrogens (tertiary/aromatic N) is 4. The quantitative estimate of drug-likeness (QED) is 0.492. The molecule has 1 aliphatic heterocycles. The van der Waals surface area contributed by atoms with Crippen molar-refractivity contribution in [2.75, 3.05) is 32.7 Å². The van der Waals surface area contributed by atoms with E-state index in [1.807, 2.05) is 0 Å². The van der Waals surface area contributed by atoms with Crippen LogP contribution in [0.15, 0.2) is 51.9 Å². The summed E-state index contributed by atoms with van der Waals surface area (Å²) in [5.41, 5.74) is 1.33. The van der Waals surface area contributed by atoms with Gasteiger partial charge in [0.25, 0.3) is 0 Å². The molecule has 10 nitrogen and oxygen atoms in total. The Morgan fingerprint density at radius 2 is 1.82 bits per heavy atom. The van der Waals surface area contributed by atoms with Gasteiger partial charge in [0.1, 0.15) is 0 Å². The number of carbonyl (C=O) groups is 1. The summed E-state index contributed by atoms with van der Waals surface area (Å²) in [6, 6.07) is 11.5. The van der Waals surface area contributed by atoms with Crippen LogP contribution in [0.1, 0.15) is 18.7 Å². The predicted molar refractivity (Wildman–Crippen MR) is 120 cm³/mol. The number of methoxy groups -OCH3 is 2. The third kappa shape index (κ3) is 4.55. The van der Waals surface area contributed by atoms with Crippen molar-refractivity contribution in [3.05, 3.63) is 48.4 Å². The van der Waals surface area contributed by atoms with Crippen molar-refractivity contribution in [2.45, 2.75) is 24.3 Å². The molecule has 0 radical (unpaired) electrons. The molecular formula is C22H24N4O6S. The molecule has 1 aliphatic rings. The van der Waals surface area contributed by atoms with Gasteiger partial charge < -0.3 is 18.9 Å². The molecule has 0 saturated carbocycles. The summed E-state index contributed by atoms with van der Waals surface area (Å²) >= 11 is 0. The summed E-state index contributed by atoms with van der Waals surface area (Å²) in [5, 5.41) is 3.95. The molecule has 0 N–H and O–H groups in total. The molecule has 0 atom stereocenters. The van der Waals surface area contributed by atoms with Gasteiger partial charge in [-0.05, 0) is 48.9 Å². The number of anilines is 1. The first kappa shape index (κ1) is 22.7. The van der Waals surface area contributed by atoms with E-state index in [0.717, 1.165) is 10.7 Å². The zero-order chi connectivity index (χ0) is 23.6. The van der Waals surface area contributed by atoms with Crippen LogP contribution in [0.3, 0.4) is 0 Å². The Kier molecular flexibility index (Phi) is 6.34. The zero-order valence-electron chi connectivity index (χ0n) is 18.5. The van der Waals surface area contributed by atoms with Crippen molar-refractivity contribution in [1.29, 1.82) is 0 Å².